The third kappa shape index (κ3) is 3.18. The number of hydrogen-bond donors (Lipinski definition) is 2. The van der Waals surface area contributed by atoms with Crippen LogP contribution in [0.4, 0.5) is 0 Å². The van der Waals surface area contributed by atoms with Gasteiger partial charge in [0.05, 0.1) is 0 Å². The van der Waals surface area contributed by atoms with Crippen molar-refractivity contribution >= 4 is 5.91 Å². The molecule has 2 heterocycles. The minimum absolute atomic E-state index is 0.0745. The van der Waals surface area contributed by atoms with Gasteiger partial charge in [-0.05, 0) is 38.6 Å². The summed E-state index contributed by atoms with van der Waals surface area (Å²) >= 11 is 0. The maximum atomic E-state index is 11.6. The van der Waals surface area contributed by atoms with Crippen molar-refractivity contribution in [2.45, 2.75) is 44.2 Å². The maximum Gasteiger partial charge on any atom is 0.249 e. The number of hydrogen-bond acceptors (Lipinski definition) is 3. The van der Waals surface area contributed by atoms with Gasteiger partial charge in [-0.3, -0.25) is 4.79 Å². The Balaban J connectivity index is 1.58. The van der Waals surface area contributed by atoms with Crippen LogP contribution in [0.2, 0.25) is 0 Å². The van der Waals surface area contributed by atoms with Crippen molar-refractivity contribution in [2.24, 2.45) is 0 Å². The van der Waals surface area contributed by atoms with E-state index in [1.54, 1.807) is 0 Å². The van der Waals surface area contributed by atoms with Gasteiger partial charge in [0.1, 0.15) is 6.10 Å². The van der Waals surface area contributed by atoms with Crippen LogP contribution in [0.1, 0.15) is 32.1 Å². The monoisotopic (exact) mass is 212 g/mol. The fourth-order valence-corrected chi connectivity index (χ4v) is 2.27. The van der Waals surface area contributed by atoms with Crippen LogP contribution >= 0.6 is 0 Å². The predicted octanol–water partition coefficient (Wildman–Crippen LogP) is 0.424. The first kappa shape index (κ1) is 10.9. The molecule has 0 aromatic rings. The van der Waals surface area contributed by atoms with Crippen molar-refractivity contribution in [3.05, 3.63) is 0 Å². The van der Waals surface area contributed by atoms with Gasteiger partial charge in [0, 0.05) is 19.2 Å². The van der Waals surface area contributed by atoms with E-state index in [1.165, 1.54) is 12.8 Å². The molecule has 4 nitrogen and oxygen atoms in total. The van der Waals surface area contributed by atoms with E-state index in [2.05, 4.69) is 10.6 Å². The predicted molar refractivity (Wildman–Crippen MR) is 57.6 cm³/mol. The molecule has 0 bridgehead atoms. The number of nitrogens with one attached hydrogen (secondary N) is 2. The average molecular weight is 212 g/mol. The van der Waals surface area contributed by atoms with Gasteiger partial charge in [-0.25, -0.2) is 0 Å². The van der Waals surface area contributed by atoms with Crippen LogP contribution in [0, 0.1) is 0 Å². The lowest BCUT2D eigenvalue weighted by Gasteiger charge is -2.13. The minimum atomic E-state index is -0.179. The Hall–Kier alpha value is -0.610. The molecule has 2 saturated heterocycles. The molecule has 4 heteroatoms. The molecule has 0 unspecified atom stereocenters. The van der Waals surface area contributed by atoms with Crippen molar-refractivity contribution in [3.63, 3.8) is 0 Å². The van der Waals surface area contributed by atoms with E-state index in [4.69, 9.17) is 4.74 Å². The maximum absolute atomic E-state index is 11.6. The van der Waals surface area contributed by atoms with Crippen LogP contribution in [0.3, 0.4) is 0 Å². The molecule has 86 valence electrons. The highest BCUT2D eigenvalue weighted by Crippen LogP contribution is 2.12. The highest BCUT2D eigenvalue weighted by atomic mass is 16.5. The molecule has 2 aliphatic rings. The lowest BCUT2D eigenvalue weighted by Crippen LogP contribution is -2.36. The average Bonchev–Trinajstić information content (AvgIpc) is 2.90. The Morgan fingerprint density at radius 2 is 2.33 bits per heavy atom. The van der Waals surface area contributed by atoms with Crippen LogP contribution in [0.15, 0.2) is 0 Å². The molecule has 0 saturated carbocycles. The summed E-state index contributed by atoms with van der Waals surface area (Å²) in [4.78, 5) is 11.6. The summed E-state index contributed by atoms with van der Waals surface area (Å²) in [6.45, 7) is 2.64. The van der Waals surface area contributed by atoms with Crippen molar-refractivity contribution in [1.82, 2.24) is 10.6 Å². The molecule has 0 aliphatic carbocycles. The van der Waals surface area contributed by atoms with Crippen molar-refractivity contribution in [1.29, 1.82) is 0 Å². The van der Waals surface area contributed by atoms with Gasteiger partial charge in [0.2, 0.25) is 5.91 Å². The van der Waals surface area contributed by atoms with Crippen molar-refractivity contribution in [2.75, 3.05) is 19.7 Å². The SMILES string of the molecule is O=C(NCC[C@H]1CCCN1)[C@@H]1CCCO1. The number of amides is 1. The Kier molecular flexibility index (Phi) is 3.97. The zero-order valence-corrected chi connectivity index (χ0v) is 9.13. The Morgan fingerprint density at radius 3 is 3.00 bits per heavy atom. The number of carbonyl (C=O) groups is 1. The first-order valence-electron chi connectivity index (χ1n) is 5.99. The summed E-state index contributed by atoms with van der Waals surface area (Å²) in [5.41, 5.74) is 0. The fraction of sp³-hybridized carbons (Fsp3) is 0.909. The molecule has 0 spiro atoms. The van der Waals surface area contributed by atoms with Crippen molar-refractivity contribution in [3.8, 4) is 0 Å². The number of ether oxygens (including phenoxy) is 1. The number of carbonyl (C=O) groups excluding carboxylic acids is 1. The highest BCUT2D eigenvalue weighted by molar-refractivity contribution is 5.80. The zero-order chi connectivity index (χ0) is 10.5. The smallest absolute Gasteiger partial charge is 0.249 e. The molecule has 0 aromatic heterocycles. The van der Waals surface area contributed by atoms with E-state index in [9.17, 15) is 4.79 Å². The third-order valence-corrected chi connectivity index (χ3v) is 3.18. The van der Waals surface area contributed by atoms with Crippen LogP contribution in [0.5, 0.6) is 0 Å². The zero-order valence-electron chi connectivity index (χ0n) is 9.13. The summed E-state index contributed by atoms with van der Waals surface area (Å²) in [7, 11) is 0. The van der Waals surface area contributed by atoms with Gasteiger partial charge >= 0.3 is 0 Å². The first-order chi connectivity index (χ1) is 7.36. The summed E-state index contributed by atoms with van der Waals surface area (Å²) < 4.78 is 5.31. The Labute approximate surface area is 90.8 Å². The second kappa shape index (κ2) is 5.47. The van der Waals surface area contributed by atoms with Gasteiger partial charge in [0.15, 0.2) is 0 Å². The van der Waals surface area contributed by atoms with Gasteiger partial charge in [-0.15, -0.1) is 0 Å². The van der Waals surface area contributed by atoms with E-state index >= 15 is 0 Å². The first-order valence-corrected chi connectivity index (χ1v) is 5.99. The molecule has 1 amide bonds. The molecule has 2 rings (SSSR count). The standard InChI is InChI=1S/C11H20N2O2/c14-11(10-4-2-8-15-10)13-7-5-9-3-1-6-12-9/h9-10,12H,1-8H2,(H,13,14)/t9-,10+/m1/s1. The van der Waals surface area contributed by atoms with Crippen LogP contribution in [-0.4, -0.2) is 37.7 Å². The molecule has 15 heavy (non-hydrogen) atoms. The summed E-state index contributed by atoms with van der Waals surface area (Å²) in [6, 6.07) is 0.606. The Morgan fingerprint density at radius 1 is 1.40 bits per heavy atom. The summed E-state index contributed by atoms with van der Waals surface area (Å²) in [6.07, 6.45) is 5.27. The van der Waals surface area contributed by atoms with Gasteiger partial charge in [-0.1, -0.05) is 0 Å². The normalized spacial score (nSPS) is 30.7. The van der Waals surface area contributed by atoms with Crippen LogP contribution in [-0.2, 0) is 9.53 Å². The molecular weight excluding hydrogens is 192 g/mol. The van der Waals surface area contributed by atoms with E-state index in [0.29, 0.717) is 6.04 Å². The van der Waals surface area contributed by atoms with E-state index in [0.717, 1.165) is 39.0 Å². The molecule has 2 aliphatic heterocycles. The molecule has 2 fully saturated rings. The summed E-state index contributed by atoms with van der Waals surface area (Å²) in [5.74, 6) is 0.0745. The van der Waals surface area contributed by atoms with Crippen LogP contribution < -0.4 is 10.6 Å². The van der Waals surface area contributed by atoms with Gasteiger partial charge < -0.3 is 15.4 Å². The quantitative estimate of drug-likeness (QED) is 0.710. The lowest BCUT2D eigenvalue weighted by atomic mass is 10.1. The van der Waals surface area contributed by atoms with Crippen LogP contribution in [0.25, 0.3) is 0 Å². The molecule has 2 N–H and O–H groups in total. The second-order valence-electron chi connectivity index (χ2n) is 4.37. The topological polar surface area (TPSA) is 50.4 Å². The van der Waals surface area contributed by atoms with Crippen molar-refractivity contribution < 1.29 is 9.53 Å². The second-order valence-corrected chi connectivity index (χ2v) is 4.37. The highest BCUT2D eigenvalue weighted by Gasteiger charge is 2.23. The third-order valence-electron chi connectivity index (χ3n) is 3.18. The lowest BCUT2D eigenvalue weighted by molar-refractivity contribution is -0.130. The number of rotatable bonds is 4. The van der Waals surface area contributed by atoms with Gasteiger partial charge in [0.25, 0.3) is 0 Å². The summed E-state index contributed by atoms with van der Waals surface area (Å²) in [5, 5.41) is 6.36. The molecule has 2 atom stereocenters. The van der Waals surface area contributed by atoms with E-state index < -0.39 is 0 Å². The van der Waals surface area contributed by atoms with E-state index in [1.807, 2.05) is 0 Å². The van der Waals surface area contributed by atoms with E-state index in [-0.39, 0.29) is 12.0 Å². The largest absolute Gasteiger partial charge is 0.368 e. The minimum Gasteiger partial charge on any atom is -0.368 e. The molecule has 0 aromatic carbocycles. The van der Waals surface area contributed by atoms with Gasteiger partial charge in [-0.2, -0.15) is 0 Å². The Bertz CT molecular complexity index is 209. The molecule has 0 radical (unpaired) electrons. The fourth-order valence-electron chi connectivity index (χ4n) is 2.27. The molecular formula is C11H20N2O2.